The molecule has 0 aliphatic heterocycles. The first-order chi connectivity index (χ1) is 22.4. The van der Waals surface area contributed by atoms with E-state index in [4.69, 9.17) is 18.9 Å². The van der Waals surface area contributed by atoms with Crippen LogP contribution in [-0.2, 0) is 14.4 Å². The van der Waals surface area contributed by atoms with Gasteiger partial charge in [0.1, 0.15) is 0 Å². The number of carbonyl (C=O) groups excluding carboxylic acids is 3. The van der Waals surface area contributed by atoms with Gasteiger partial charge in [0.25, 0.3) is 0 Å². The van der Waals surface area contributed by atoms with Crippen molar-refractivity contribution >= 4 is 29.9 Å². The molecule has 2 rings (SSSR count). The number of rotatable bonds is 24. The number of benzene rings is 2. The highest BCUT2D eigenvalue weighted by Crippen LogP contribution is 2.30. The first-order valence-electron chi connectivity index (χ1n) is 17.1. The second-order valence-electron chi connectivity index (χ2n) is 11.6. The van der Waals surface area contributed by atoms with Crippen LogP contribution in [-0.4, -0.2) is 31.9 Å². The van der Waals surface area contributed by atoms with Crippen LogP contribution in [0.5, 0.6) is 23.0 Å². The molecule has 0 radical (unpaired) electrons. The minimum atomic E-state index is -0.297. The summed E-state index contributed by atoms with van der Waals surface area (Å²) in [7, 11) is 3.05. The lowest BCUT2D eigenvalue weighted by Crippen LogP contribution is -2.08. The molecule has 0 heterocycles. The number of methoxy groups -OCH3 is 2. The van der Waals surface area contributed by atoms with Crippen LogP contribution in [0.2, 0.25) is 0 Å². The highest BCUT2D eigenvalue weighted by atomic mass is 16.6. The first kappa shape index (κ1) is 38.3. The normalized spacial score (nSPS) is 11.2. The van der Waals surface area contributed by atoms with Gasteiger partial charge in [-0.1, -0.05) is 115 Å². The van der Waals surface area contributed by atoms with Gasteiger partial charge in [-0.2, -0.15) is 0 Å². The third-order valence-electron chi connectivity index (χ3n) is 7.67. The Bertz CT molecular complexity index is 1170. The molecule has 0 aliphatic carbocycles. The number of hydrogen-bond acceptors (Lipinski definition) is 7. The van der Waals surface area contributed by atoms with Crippen molar-refractivity contribution in [1.82, 2.24) is 0 Å². The largest absolute Gasteiger partial charge is 0.493 e. The van der Waals surface area contributed by atoms with Crippen LogP contribution < -0.4 is 18.9 Å². The van der Waals surface area contributed by atoms with E-state index in [1.54, 1.807) is 48.6 Å². The molecule has 252 valence electrons. The zero-order chi connectivity index (χ0) is 33.4. The molecule has 0 N–H and O–H groups in total. The lowest BCUT2D eigenvalue weighted by molar-refractivity contribution is -0.135. The van der Waals surface area contributed by atoms with Crippen LogP contribution in [0.4, 0.5) is 0 Å². The molecule has 0 amide bonds. The van der Waals surface area contributed by atoms with E-state index >= 15 is 0 Å². The maximum Gasteiger partial charge on any atom is 0.311 e. The molecular formula is C39H54O7. The van der Waals surface area contributed by atoms with Gasteiger partial charge in [-0.25, -0.2) is 0 Å². The predicted molar refractivity (Wildman–Crippen MR) is 186 cm³/mol. The van der Waals surface area contributed by atoms with Gasteiger partial charge >= 0.3 is 11.9 Å². The van der Waals surface area contributed by atoms with Gasteiger partial charge in [0.15, 0.2) is 28.8 Å². The maximum atomic E-state index is 12.6. The van der Waals surface area contributed by atoms with Gasteiger partial charge < -0.3 is 18.9 Å². The number of ether oxygens (including phenoxy) is 4. The fourth-order valence-corrected chi connectivity index (χ4v) is 4.97. The lowest BCUT2D eigenvalue weighted by Gasteiger charge is -2.10. The zero-order valence-electron chi connectivity index (χ0n) is 28.4. The molecule has 0 saturated carbocycles. The van der Waals surface area contributed by atoms with Crippen LogP contribution in [0.3, 0.4) is 0 Å². The second kappa shape index (κ2) is 23.5. The summed E-state index contributed by atoms with van der Waals surface area (Å²) < 4.78 is 21.9. The summed E-state index contributed by atoms with van der Waals surface area (Å²) in [5.74, 6) is 0.732. The van der Waals surface area contributed by atoms with Crippen molar-refractivity contribution in [3.05, 3.63) is 59.7 Å². The summed E-state index contributed by atoms with van der Waals surface area (Å²) in [6.07, 6.45) is 22.6. The zero-order valence-corrected chi connectivity index (χ0v) is 28.4. The third kappa shape index (κ3) is 15.9. The van der Waals surface area contributed by atoms with E-state index in [1.807, 2.05) is 0 Å². The van der Waals surface area contributed by atoms with E-state index in [-0.39, 0.29) is 17.7 Å². The van der Waals surface area contributed by atoms with Crippen molar-refractivity contribution in [3.8, 4) is 23.0 Å². The number of allylic oxidation sites excluding steroid dienone is 2. The Kier molecular flexibility index (Phi) is 19.5. The molecule has 0 aliphatic rings. The third-order valence-corrected chi connectivity index (χ3v) is 7.67. The topological polar surface area (TPSA) is 88.1 Å². The van der Waals surface area contributed by atoms with E-state index in [2.05, 4.69) is 13.8 Å². The Morgan fingerprint density at radius 2 is 0.891 bits per heavy atom. The van der Waals surface area contributed by atoms with Crippen LogP contribution in [0.25, 0.3) is 12.2 Å². The highest BCUT2D eigenvalue weighted by molar-refractivity contribution is 6.04. The summed E-state index contributed by atoms with van der Waals surface area (Å²) in [4.78, 5) is 37.5. The molecule has 7 heteroatoms. The minimum absolute atomic E-state index is 0.235. The Morgan fingerprint density at radius 3 is 1.26 bits per heavy atom. The summed E-state index contributed by atoms with van der Waals surface area (Å²) in [6.45, 7) is 4.40. The van der Waals surface area contributed by atoms with Gasteiger partial charge in [0.05, 0.1) is 14.2 Å². The number of carbonyl (C=O) groups is 3. The summed E-state index contributed by atoms with van der Waals surface area (Å²) >= 11 is 0. The maximum absolute atomic E-state index is 12.6. The molecular weight excluding hydrogens is 580 g/mol. The minimum Gasteiger partial charge on any atom is -0.493 e. The average Bonchev–Trinajstić information content (AvgIpc) is 3.05. The van der Waals surface area contributed by atoms with Gasteiger partial charge in [0.2, 0.25) is 0 Å². The number of unbranched alkanes of at least 4 members (excludes halogenated alkanes) is 12. The van der Waals surface area contributed by atoms with Crippen LogP contribution in [0.15, 0.2) is 48.6 Å². The van der Waals surface area contributed by atoms with Crippen molar-refractivity contribution in [2.75, 3.05) is 14.2 Å². The molecule has 0 bridgehead atoms. The molecule has 0 fully saturated rings. The monoisotopic (exact) mass is 634 g/mol. The standard InChI is InChI=1S/C39H54O7/c1-5-7-9-11-13-15-17-19-38(41)45-36-29-31(23-27-34(36)43-3)21-25-33(40)26-22-32-24-28-35(44-4)37(30-32)46-39(42)20-18-16-14-12-10-8-6-2/h21-30H,5-20H2,1-4H3/b25-21+,26-22+. The number of hydrogen-bond donors (Lipinski definition) is 0. The van der Waals surface area contributed by atoms with Gasteiger partial charge in [0, 0.05) is 12.8 Å². The van der Waals surface area contributed by atoms with Gasteiger partial charge in [-0.3, -0.25) is 14.4 Å². The second-order valence-corrected chi connectivity index (χ2v) is 11.6. The summed E-state index contributed by atoms with van der Waals surface area (Å²) in [5.41, 5.74) is 1.39. The highest BCUT2D eigenvalue weighted by Gasteiger charge is 2.12. The fourth-order valence-electron chi connectivity index (χ4n) is 4.97. The van der Waals surface area contributed by atoms with E-state index in [0.717, 1.165) is 38.5 Å². The fraction of sp³-hybridized carbons (Fsp3) is 0.513. The van der Waals surface area contributed by atoms with E-state index in [1.165, 1.54) is 77.7 Å². The van der Waals surface area contributed by atoms with Crippen LogP contribution in [0, 0.1) is 0 Å². The van der Waals surface area contributed by atoms with E-state index in [0.29, 0.717) is 47.0 Å². The van der Waals surface area contributed by atoms with Crippen molar-refractivity contribution in [3.63, 3.8) is 0 Å². The Morgan fingerprint density at radius 1 is 0.522 bits per heavy atom. The molecule has 0 saturated heterocycles. The molecule has 0 atom stereocenters. The first-order valence-corrected chi connectivity index (χ1v) is 17.1. The summed E-state index contributed by atoms with van der Waals surface area (Å²) in [6, 6.07) is 10.4. The lowest BCUT2D eigenvalue weighted by atomic mass is 10.1. The number of esters is 2. The number of ketones is 1. The Hall–Kier alpha value is -3.87. The predicted octanol–water partition coefficient (Wildman–Crippen LogP) is 10.1. The van der Waals surface area contributed by atoms with Crippen LogP contribution >= 0.6 is 0 Å². The molecule has 46 heavy (non-hydrogen) atoms. The SMILES string of the molecule is CCCCCCCCCC(=O)Oc1cc(/C=C/C(=O)/C=C/c2ccc(OC)c(OC(=O)CCCCCCCCC)c2)ccc1OC. The quantitative estimate of drug-likeness (QED) is 0.0491. The smallest absolute Gasteiger partial charge is 0.311 e. The van der Waals surface area contributed by atoms with Crippen molar-refractivity contribution in [2.45, 2.75) is 117 Å². The summed E-state index contributed by atoms with van der Waals surface area (Å²) in [5, 5.41) is 0. The molecule has 2 aromatic rings. The average molecular weight is 635 g/mol. The van der Waals surface area contributed by atoms with Crippen molar-refractivity contribution < 1.29 is 33.3 Å². The van der Waals surface area contributed by atoms with Crippen molar-refractivity contribution in [1.29, 1.82) is 0 Å². The van der Waals surface area contributed by atoms with E-state index < -0.39 is 0 Å². The Balaban J connectivity index is 1.91. The molecule has 7 nitrogen and oxygen atoms in total. The molecule has 0 spiro atoms. The van der Waals surface area contributed by atoms with Gasteiger partial charge in [-0.15, -0.1) is 0 Å². The molecule has 2 aromatic carbocycles. The van der Waals surface area contributed by atoms with Crippen molar-refractivity contribution in [2.24, 2.45) is 0 Å². The molecule has 0 unspecified atom stereocenters. The van der Waals surface area contributed by atoms with Gasteiger partial charge in [-0.05, 0) is 60.4 Å². The van der Waals surface area contributed by atoms with E-state index in [9.17, 15) is 14.4 Å². The molecule has 0 aromatic heterocycles. The Labute approximate surface area is 276 Å². The van der Waals surface area contributed by atoms with Crippen LogP contribution in [0.1, 0.15) is 128 Å².